The molecule has 0 bridgehead atoms. The van der Waals surface area contributed by atoms with Gasteiger partial charge < -0.3 is 5.32 Å². The Hall–Kier alpha value is -2.45. The summed E-state index contributed by atoms with van der Waals surface area (Å²) < 4.78 is 0.838. The molecule has 0 aliphatic heterocycles. The molecule has 0 fully saturated rings. The van der Waals surface area contributed by atoms with Gasteiger partial charge in [0.2, 0.25) is 0 Å². The number of nitriles is 1. The van der Waals surface area contributed by atoms with Crippen molar-refractivity contribution in [3.63, 3.8) is 0 Å². The summed E-state index contributed by atoms with van der Waals surface area (Å²) in [5.41, 5.74) is 1.56. The molecule has 0 spiro atoms. The summed E-state index contributed by atoms with van der Waals surface area (Å²) in [5, 5.41) is 12.0. The zero-order valence-electron chi connectivity index (χ0n) is 12.0. The molecule has 110 valence electrons. The summed E-state index contributed by atoms with van der Waals surface area (Å²) in [6, 6.07) is 14.9. The van der Waals surface area contributed by atoms with Crippen LogP contribution in [0.1, 0.15) is 24.2 Å². The minimum absolute atomic E-state index is 0.0256. The molecule has 22 heavy (non-hydrogen) atoms. The van der Waals surface area contributed by atoms with Gasteiger partial charge in [0.25, 0.3) is 5.91 Å². The lowest BCUT2D eigenvalue weighted by Crippen LogP contribution is -2.27. The molecule has 1 atom stereocenters. The van der Waals surface area contributed by atoms with Crippen molar-refractivity contribution in [1.29, 1.82) is 5.26 Å². The summed E-state index contributed by atoms with van der Waals surface area (Å²) in [7, 11) is 0. The Bertz CT molecular complexity index is 718. The Morgan fingerprint density at radius 2 is 2.05 bits per heavy atom. The van der Waals surface area contributed by atoms with Gasteiger partial charge in [-0.15, -0.1) is 0 Å². The van der Waals surface area contributed by atoms with Gasteiger partial charge in [-0.3, -0.25) is 9.78 Å². The van der Waals surface area contributed by atoms with Crippen LogP contribution >= 0.6 is 15.9 Å². The van der Waals surface area contributed by atoms with Gasteiger partial charge in [-0.2, -0.15) is 5.26 Å². The lowest BCUT2D eigenvalue weighted by atomic mass is 10.1. The Labute approximate surface area is 137 Å². The number of rotatable bonds is 4. The maximum absolute atomic E-state index is 12.2. The Morgan fingerprint density at radius 3 is 2.64 bits per heavy atom. The first-order valence-corrected chi connectivity index (χ1v) is 7.48. The molecule has 0 unspecified atom stereocenters. The van der Waals surface area contributed by atoms with Crippen LogP contribution in [0.3, 0.4) is 0 Å². The van der Waals surface area contributed by atoms with Crippen LogP contribution in [-0.4, -0.2) is 10.9 Å². The molecular weight excluding hydrogens is 342 g/mol. The normalized spacial score (nSPS) is 12.3. The van der Waals surface area contributed by atoms with Gasteiger partial charge in [-0.05, 0) is 46.6 Å². The molecule has 5 heteroatoms. The van der Waals surface area contributed by atoms with E-state index in [2.05, 4.69) is 26.2 Å². The van der Waals surface area contributed by atoms with E-state index in [0.29, 0.717) is 5.69 Å². The predicted octanol–water partition coefficient (Wildman–Crippen LogP) is 3.63. The minimum Gasteiger partial charge on any atom is -0.345 e. The molecule has 1 N–H and O–H groups in total. The largest absolute Gasteiger partial charge is 0.345 e. The highest BCUT2D eigenvalue weighted by molar-refractivity contribution is 9.10. The number of pyridine rings is 1. The summed E-state index contributed by atoms with van der Waals surface area (Å²) in [5.74, 6) is -0.413. The number of benzene rings is 1. The van der Waals surface area contributed by atoms with E-state index in [9.17, 15) is 10.1 Å². The van der Waals surface area contributed by atoms with Crippen molar-refractivity contribution < 1.29 is 4.79 Å². The van der Waals surface area contributed by atoms with Crippen LogP contribution in [0.25, 0.3) is 6.08 Å². The van der Waals surface area contributed by atoms with E-state index in [1.54, 1.807) is 18.3 Å². The van der Waals surface area contributed by atoms with Gasteiger partial charge in [0.1, 0.15) is 11.6 Å². The SMILES string of the molecule is C[C@H](NC(=O)/C(C#N)=C/c1ccc(Br)cn1)c1ccccc1. The predicted molar refractivity (Wildman–Crippen MR) is 88.5 cm³/mol. The van der Waals surface area contributed by atoms with Gasteiger partial charge in [0, 0.05) is 10.7 Å². The van der Waals surface area contributed by atoms with Gasteiger partial charge in [0.15, 0.2) is 0 Å². The first-order chi connectivity index (χ1) is 10.6. The number of amides is 1. The molecule has 4 nitrogen and oxygen atoms in total. The summed E-state index contributed by atoms with van der Waals surface area (Å²) in [4.78, 5) is 16.3. The fourth-order valence-electron chi connectivity index (χ4n) is 1.87. The third-order valence-electron chi connectivity index (χ3n) is 3.05. The van der Waals surface area contributed by atoms with Crippen LogP contribution in [0.5, 0.6) is 0 Å². The topological polar surface area (TPSA) is 65.8 Å². The van der Waals surface area contributed by atoms with Gasteiger partial charge in [-0.25, -0.2) is 0 Å². The highest BCUT2D eigenvalue weighted by Gasteiger charge is 2.13. The van der Waals surface area contributed by atoms with E-state index in [0.717, 1.165) is 10.0 Å². The first kappa shape index (κ1) is 15.9. The zero-order chi connectivity index (χ0) is 15.9. The highest BCUT2D eigenvalue weighted by atomic mass is 79.9. The molecule has 0 radical (unpaired) electrons. The van der Waals surface area contributed by atoms with E-state index < -0.39 is 5.91 Å². The second-order valence-corrected chi connectivity index (χ2v) is 5.59. The number of nitrogens with one attached hydrogen (secondary N) is 1. The van der Waals surface area contributed by atoms with Gasteiger partial charge in [0.05, 0.1) is 11.7 Å². The lowest BCUT2D eigenvalue weighted by Gasteiger charge is -2.13. The molecule has 1 aromatic carbocycles. The summed E-state index contributed by atoms with van der Waals surface area (Å²) in [6.07, 6.45) is 3.09. The third kappa shape index (κ3) is 4.27. The minimum atomic E-state index is -0.413. The van der Waals surface area contributed by atoms with Crippen molar-refractivity contribution in [2.24, 2.45) is 0 Å². The van der Waals surface area contributed by atoms with Crippen LogP contribution in [0.2, 0.25) is 0 Å². The molecule has 0 aliphatic carbocycles. The van der Waals surface area contributed by atoms with E-state index in [1.807, 2.05) is 43.3 Å². The van der Waals surface area contributed by atoms with Crippen molar-refractivity contribution >= 4 is 27.9 Å². The molecule has 0 saturated carbocycles. The fourth-order valence-corrected chi connectivity index (χ4v) is 2.10. The quantitative estimate of drug-likeness (QED) is 0.672. The van der Waals surface area contributed by atoms with Gasteiger partial charge in [-0.1, -0.05) is 30.3 Å². The molecule has 1 heterocycles. The van der Waals surface area contributed by atoms with E-state index in [4.69, 9.17) is 0 Å². The zero-order valence-corrected chi connectivity index (χ0v) is 13.5. The summed E-state index contributed by atoms with van der Waals surface area (Å²) in [6.45, 7) is 1.88. The van der Waals surface area contributed by atoms with Crippen molar-refractivity contribution in [2.75, 3.05) is 0 Å². The number of hydrogen-bond acceptors (Lipinski definition) is 3. The monoisotopic (exact) mass is 355 g/mol. The maximum atomic E-state index is 12.2. The lowest BCUT2D eigenvalue weighted by molar-refractivity contribution is -0.117. The molecular formula is C17H14BrN3O. The molecule has 1 aromatic heterocycles. The molecule has 2 aromatic rings. The third-order valence-corrected chi connectivity index (χ3v) is 3.52. The number of carbonyl (C=O) groups excluding carboxylic acids is 1. The van der Waals surface area contributed by atoms with Crippen molar-refractivity contribution in [3.05, 3.63) is 70.0 Å². The number of halogens is 1. The molecule has 2 rings (SSSR count). The average molecular weight is 356 g/mol. The second-order valence-electron chi connectivity index (χ2n) is 4.68. The van der Waals surface area contributed by atoms with Gasteiger partial charge >= 0.3 is 0 Å². The molecule has 1 amide bonds. The number of carbonyl (C=O) groups is 1. The van der Waals surface area contributed by atoms with E-state index >= 15 is 0 Å². The van der Waals surface area contributed by atoms with Crippen LogP contribution in [0, 0.1) is 11.3 Å². The van der Waals surface area contributed by atoms with Crippen LogP contribution in [0.15, 0.2) is 58.7 Å². The molecule has 0 aliphatic rings. The van der Waals surface area contributed by atoms with Crippen LogP contribution in [-0.2, 0) is 4.79 Å². The maximum Gasteiger partial charge on any atom is 0.262 e. The highest BCUT2D eigenvalue weighted by Crippen LogP contribution is 2.13. The van der Waals surface area contributed by atoms with E-state index in [1.165, 1.54) is 6.08 Å². The second kappa shape index (κ2) is 7.53. The Morgan fingerprint density at radius 1 is 1.32 bits per heavy atom. The number of hydrogen-bond donors (Lipinski definition) is 1. The van der Waals surface area contributed by atoms with Crippen LogP contribution in [0.4, 0.5) is 0 Å². The standard InChI is InChI=1S/C17H14BrN3O/c1-12(13-5-3-2-4-6-13)21-17(22)14(10-19)9-16-8-7-15(18)11-20-16/h2-9,11-12H,1H3,(H,21,22)/b14-9+/t12-/m0/s1. The van der Waals surface area contributed by atoms with Crippen LogP contribution < -0.4 is 5.32 Å². The number of aromatic nitrogens is 1. The van der Waals surface area contributed by atoms with Crippen molar-refractivity contribution in [1.82, 2.24) is 10.3 Å². The fraction of sp³-hybridized carbons (Fsp3) is 0.118. The van der Waals surface area contributed by atoms with E-state index in [-0.39, 0.29) is 11.6 Å². The smallest absolute Gasteiger partial charge is 0.262 e. The molecule has 0 saturated heterocycles. The number of nitrogens with zero attached hydrogens (tertiary/aromatic N) is 2. The average Bonchev–Trinajstić information content (AvgIpc) is 2.55. The first-order valence-electron chi connectivity index (χ1n) is 6.69. The van der Waals surface area contributed by atoms with Crippen molar-refractivity contribution in [2.45, 2.75) is 13.0 Å². The Balaban J connectivity index is 2.12. The summed E-state index contributed by atoms with van der Waals surface area (Å²) >= 11 is 3.29. The van der Waals surface area contributed by atoms with Crippen molar-refractivity contribution in [3.8, 4) is 6.07 Å². The Kier molecular flexibility index (Phi) is 5.45.